The molecule has 1 atom stereocenters. The summed E-state index contributed by atoms with van der Waals surface area (Å²) >= 11 is 0. The predicted molar refractivity (Wildman–Crippen MR) is 87.2 cm³/mol. The second kappa shape index (κ2) is 7.05. The van der Waals surface area contributed by atoms with Gasteiger partial charge in [-0.15, -0.1) is 0 Å². The summed E-state index contributed by atoms with van der Waals surface area (Å²) in [5.74, 6) is -0.0914. The van der Waals surface area contributed by atoms with E-state index in [2.05, 4.69) is 17.4 Å². The lowest BCUT2D eigenvalue weighted by atomic mass is 9.99. The van der Waals surface area contributed by atoms with Gasteiger partial charge in [0.2, 0.25) is 5.91 Å². The van der Waals surface area contributed by atoms with Gasteiger partial charge in [-0.2, -0.15) is 0 Å². The van der Waals surface area contributed by atoms with Crippen molar-refractivity contribution in [1.82, 2.24) is 5.32 Å². The van der Waals surface area contributed by atoms with Gasteiger partial charge in [-0.25, -0.2) is 0 Å². The van der Waals surface area contributed by atoms with Crippen LogP contribution < -0.4 is 5.32 Å². The van der Waals surface area contributed by atoms with Crippen molar-refractivity contribution in [3.63, 3.8) is 0 Å². The molecule has 22 heavy (non-hydrogen) atoms. The number of benzene rings is 2. The third-order valence-electron chi connectivity index (χ3n) is 3.77. The Morgan fingerprint density at radius 2 is 1.82 bits per heavy atom. The number of fused-ring (bicyclic) bond motifs is 1. The Hall–Kier alpha value is -2.39. The average Bonchev–Trinajstić information content (AvgIpc) is 2.59. The molecule has 1 aliphatic heterocycles. The Morgan fingerprint density at radius 3 is 2.64 bits per heavy atom. The van der Waals surface area contributed by atoms with Gasteiger partial charge in [-0.05, 0) is 22.8 Å². The van der Waals surface area contributed by atoms with Gasteiger partial charge >= 0.3 is 0 Å². The first kappa shape index (κ1) is 14.5. The molecule has 0 radical (unpaired) electrons. The lowest BCUT2D eigenvalue weighted by Gasteiger charge is -2.25. The summed E-state index contributed by atoms with van der Waals surface area (Å²) in [5, 5.41) is 2.90. The molecule has 112 valence electrons. The molecule has 1 heterocycles. The number of rotatable bonds is 4. The minimum atomic E-state index is -0.0914. The molecule has 0 bridgehead atoms. The summed E-state index contributed by atoms with van der Waals surface area (Å²) < 4.78 is 5.78. The third-order valence-corrected chi connectivity index (χ3v) is 3.77. The van der Waals surface area contributed by atoms with E-state index < -0.39 is 0 Å². The van der Waals surface area contributed by atoms with Crippen LogP contribution in [-0.2, 0) is 22.6 Å². The second-order valence-corrected chi connectivity index (χ2v) is 5.40. The van der Waals surface area contributed by atoms with E-state index in [9.17, 15) is 4.79 Å². The number of nitrogens with one attached hydrogen (secondary N) is 1. The Labute approximate surface area is 130 Å². The van der Waals surface area contributed by atoms with E-state index >= 15 is 0 Å². The van der Waals surface area contributed by atoms with Crippen molar-refractivity contribution >= 4 is 12.0 Å². The summed E-state index contributed by atoms with van der Waals surface area (Å²) in [4.78, 5) is 11.9. The first-order valence-electron chi connectivity index (χ1n) is 7.50. The molecule has 0 fully saturated rings. The molecule has 2 aromatic rings. The van der Waals surface area contributed by atoms with Crippen LogP contribution in [0, 0.1) is 0 Å². The highest BCUT2D eigenvalue weighted by Crippen LogP contribution is 2.19. The SMILES string of the molecule is O=C(/C=C/c1ccccc1)NCC1Cc2ccccc2CO1. The van der Waals surface area contributed by atoms with Gasteiger partial charge in [0.05, 0.1) is 12.7 Å². The van der Waals surface area contributed by atoms with E-state index in [0.717, 1.165) is 12.0 Å². The van der Waals surface area contributed by atoms with Crippen LogP contribution >= 0.6 is 0 Å². The molecule has 0 aliphatic carbocycles. The summed E-state index contributed by atoms with van der Waals surface area (Å²) in [7, 11) is 0. The highest BCUT2D eigenvalue weighted by Gasteiger charge is 2.18. The minimum absolute atomic E-state index is 0.0453. The van der Waals surface area contributed by atoms with Crippen molar-refractivity contribution in [1.29, 1.82) is 0 Å². The summed E-state index contributed by atoms with van der Waals surface area (Å²) in [6.07, 6.45) is 4.26. The van der Waals surface area contributed by atoms with Crippen LogP contribution in [0.3, 0.4) is 0 Å². The Kier molecular flexibility index (Phi) is 4.66. The van der Waals surface area contributed by atoms with Gasteiger partial charge in [-0.1, -0.05) is 54.6 Å². The zero-order valence-electron chi connectivity index (χ0n) is 12.4. The van der Waals surface area contributed by atoms with Crippen LogP contribution in [0.1, 0.15) is 16.7 Å². The number of amides is 1. The van der Waals surface area contributed by atoms with Crippen molar-refractivity contribution in [3.05, 3.63) is 77.4 Å². The Bertz CT molecular complexity index is 664. The third kappa shape index (κ3) is 3.83. The van der Waals surface area contributed by atoms with Crippen LogP contribution in [0.5, 0.6) is 0 Å². The fourth-order valence-corrected chi connectivity index (χ4v) is 2.55. The quantitative estimate of drug-likeness (QED) is 0.880. The number of carbonyl (C=O) groups excluding carboxylic acids is 1. The van der Waals surface area contributed by atoms with Gasteiger partial charge in [0.1, 0.15) is 0 Å². The predicted octanol–water partition coefficient (Wildman–Crippen LogP) is 2.96. The van der Waals surface area contributed by atoms with Crippen LogP contribution in [0.25, 0.3) is 6.08 Å². The van der Waals surface area contributed by atoms with E-state index in [0.29, 0.717) is 13.2 Å². The van der Waals surface area contributed by atoms with Gasteiger partial charge in [0.25, 0.3) is 0 Å². The smallest absolute Gasteiger partial charge is 0.244 e. The van der Waals surface area contributed by atoms with Crippen molar-refractivity contribution in [2.75, 3.05) is 6.54 Å². The zero-order chi connectivity index (χ0) is 15.2. The molecule has 0 saturated heterocycles. The normalized spacial score (nSPS) is 17.2. The van der Waals surface area contributed by atoms with Gasteiger partial charge in [0, 0.05) is 19.0 Å². The molecular weight excluding hydrogens is 274 g/mol. The number of ether oxygens (including phenoxy) is 1. The van der Waals surface area contributed by atoms with Crippen molar-refractivity contribution < 1.29 is 9.53 Å². The molecule has 0 aromatic heterocycles. The monoisotopic (exact) mass is 293 g/mol. The topological polar surface area (TPSA) is 38.3 Å². The fourth-order valence-electron chi connectivity index (χ4n) is 2.55. The molecule has 1 N–H and O–H groups in total. The fraction of sp³-hybridized carbons (Fsp3) is 0.211. The zero-order valence-corrected chi connectivity index (χ0v) is 12.4. The Morgan fingerprint density at radius 1 is 1.09 bits per heavy atom. The largest absolute Gasteiger partial charge is 0.371 e. The molecule has 1 aliphatic rings. The lowest BCUT2D eigenvalue weighted by molar-refractivity contribution is -0.117. The number of carbonyl (C=O) groups is 1. The average molecular weight is 293 g/mol. The molecular formula is C19H19NO2. The molecule has 3 rings (SSSR count). The van der Waals surface area contributed by atoms with Gasteiger partial charge in [-0.3, -0.25) is 4.79 Å². The van der Waals surface area contributed by atoms with E-state index in [1.807, 2.05) is 48.5 Å². The standard InChI is InChI=1S/C19H19NO2/c21-19(11-10-15-6-2-1-3-7-15)20-13-18-12-16-8-4-5-9-17(16)14-22-18/h1-11,18H,12-14H2,(H,20,21)/b11-10+. The van der Waals surface area contributed by atoms with Gasteiger partial charge in [0.15, 0.2) is 0 Å². The van der Waals surface area contributed by atoms with Crippen LogP contribution in [0.2, 0.25) is 0 Å². The highest BCUT2D eigenvalue weighted by molar-refractivity contribution is 5.91. The minimum Gasteiger partial charge on any atom is -0.371 e. The molecule has 2 aromatic carbocycles. The maximum absolute atomic E-state index is 11.9. The molecule has 3 nitrogen and oxygen atoms in total. The molecule has 0 spiro atoms. The number of hydrogen-bond donors (Lipinski definition) is 1. The molecule has 1 unspecified atom stereocenters. The van der Waals surface area contributed by atoms with Gasteiger partial charge < -0.3 is 10.1 Å². The summed E-state index contributed by atoms with van der Waals surface area (Å²) in [6, 6.07) is 18.1. The summed E-state index contributed by atoms with van der Waals surface area (Å²) in [5.41, 5.74) is 3.57. The van der Waals surface area contributed by atoms with E-state index in [1.54, 1.807) is 6.08 Å². The van der Waals surface area contributed by atoms with Crippen LogP contribution in [0.4, 0.5) is 0 Å². The second-order valence-electron chi connectivity index (χ2n) is 5.40. The first-order valence-corrected chi connectivity index (χ1v) is 7.50. The number of hydrogen-bond acceptors (Lipinski definition) is 2. The van der Waals surface area contributed by atoms with E-state index in [4.69, 9.17) is 4.74 Å². The molecule has 3 heteroatoms. The van der Waals surface area contributed by atoms with Crippen molar-refractivity contribution in [3.8, 4) is 0 Å². The van der Waals surface area contributed by atoms with Crippen LogP contribution in [0.15, 0.2) is 60.7 Å². The Balaban J connectivity index is 1.49. The molecule has 0 saturated carbocycles. The van der Waals surface area contributed by atoms with Crippen LogP contribution in [-0.4, -0.2) is 18.6 Å². The maximum Gasteiger partial charge on any atom is 0.244 e. The summed E-state index contributed by atoms with van der Waals surface area (Å²) in [6.45, 7) is 1.16. The first-order chi connectivity index (χ1) is 10.8. The van der Waals surface area contributed by atoms with Crippen molar-refractivity contribution in [2.24, 2.45) is 0 Å². The van der Waals surface area contributed by atoms with E-state index in [-0.39, 0.29) is 12.0 Å². The maximum atomic E-state index is 11.9. The lowest BCUT2D eigenvalue weighted by Crippen LogP contribution is -2.36. The van der Waals surface area contributed by atoms with Crippen molar-refractivity contribution in [2.45, 2.75) is 19.1 Å². The van der Waals surface area contributed by atoms with E-state index in [1.165, 1.54) is 11.1 Å². The highest BCUT2D eigenvalue weighted by atomic mass is 16.5. The molecule has 1 amide bonds.